The van der Waals surface area contributed by atoms with E-state index in [4.69, 9.17) is 0 Å². The molecule has 0 unspecified atom stereocenters. The maximum absolute atomic E-state index is 13.9. The molecule has 0 aliphatic heterocycles. The normalized spacial score (nSPS) is 16.8. The Kier molecular flexibility index (Phi) is 9.09. The van der Waals surface area contributed by atoms with Crippen LogP contribution < -0.4 is 0 Å². The number of ketones is 2. The van der Waals surface area contributed by atoms with Crippen LogP contribution in [0.1, 0.15) is 71.4 Å². The van der Waals surface area contributed by atoms with Crippen LogP contribution in [0.15, 0.2) is 60.7 Å². The first-order chi connectivity index (χ1) is 20.3. The summed E-state index contributed by atoms with van der Waals surface area (Å²) in [4.78, 5) is 24.8. The molecule has 0 spiro atoms. The third-order valence-electron chi connectivity index (χ3n) is 7.62. The van der Waals surface area contributed by atoms with Crippen molar-refractivity contribution in [2.24, 2.45) is 0 Å². The molecule has 0 amide bonds. The van der Waals surface area contributed by atoms with Crippen molar-refractivity contribution in [3.8, 4) is 0 Å². The Hall–Kier alpha value is -4.34. The first-order valence-electron chi connectivity index (χ1n) is 13.8. The number of Topliss-reactive ketones (excluding diaryl/α,β-unsaturated/α-hetero) is 2. The third kappa shape index (κ3) is 7.10. The molecule has 6 nitrogen and oxygen atoms in total. The summed E-state index contributed by atoms with van der Waals surface area (Å²) in [5.74, 6) is -3.45. The predicted octanol–water partition coefficient (Wildman–Crippen LogP) is 5.97. The van der Waals surface area contributed by atoms with Gasteiger partial charge in [-0.1, -0.05) is 18.6 Å². The van der Waals surface area contributed by atoms with E-state index >= 15 is 0 Å². The lowest BCUT2D eigenvalue weighted by Crippen LogP contribution is -2.17. The largest absolute Gasteiger partial charge is 0.299 e. The Balaban J connectivity index is 1.16. The van der Waals surface area contributed by atoms with Crippen LogP contribution in [0.3, 0.4) is 0 Å². The van der Waals surface area contributed by atoms with Crippen LogP contribution in [0.25, 0.3) is 0 Å². The lowest BCUT2D eigenvalue weighted by molar-refractivity contribution is -0.118. The van der Waals surface area contributed by atoms with Crippen molar-refractivity contribution < 1.29 is 27.2 Å². The first-order valence-corrected chi connectivity index (χ1v) is 13.8. The highest BCUT2D eigenvalue weighted by Crippen LogP contribution is 2.39. The van der Waals surface area contributed by atoms with Crippen molar-refractivity contribution in [1.82, 2.24) is 20.4 Å². The number of hydrogen-bond acceptors (Lipinski definition) is 6. The van der Waals surface area contributed by atoms with E-state index in [1.54, 1.807) is 12.1 Å². The standard InChI is InChI=1S/C32H28F4N4O2/c33-27-6-2-7-28(34)25(27)17-23(41)15-21-10-12-31(39-37-21)19-4-1-5-20(14-19)32-13-11-22(38-40-32)16-24(42)18-26-29(35)8-3-9-30(26)36/h2-3,6-13,19-20H,1,4-5,14-18H2/t19-,20-/m0/s1. The fourth-order valence-electron chi connectivity index (χ4n) is 5.42. The Morgan fingerprint density at radius 3 is 1.33 bits per heavy atom. The van der Waals surface area contributed by atoms with Crippen LogP contribution in [0.5, 0.6) is 0 Å². The van der Waals surface area contributed by atoms with Gasteiger partial charge in [-0.25, -0.2) is 17.6 Å². The second kappa shape index (κ2) is 13.1. The van der Waals surface area contributed by atoms with Crippen LogP contribution in [0.2, 0.25) is 0 Å². The molecule has 1 saturated carbocycles. The van der Waals surface area contributed by atoms with Gasteiger partial charge in [-0.2, -0.15) is 20.4 Å². The fourth-order valence-corrected chi connectivity index (χ4v) is 5.42. The molecule has 2 aromatic carbocycles. The number of benzene rings is 2. The molecule has 216 valence electrons. The van der Waals surface area contributed by atoms with E-state index in [-0.39, 0.29) is 60.2 Å². The van der Waals surface area contributed by atoms with E-state index in [0.717, 1.165) is 61.3 Å². The molecular weight excluding hydrogens is 548 g/mol. The Bertz CT molecular complexity index is 1420. The first kappa shape index (κ1) is 29.2. The van der Waals surface area contributed by atoms with Gasteiger partial charge in [0.05, 0.1) is 35.6 Å². The molecule has 0 N–H and O–H groups in total. The van der Waals surface area contributed by atoms with Gasteiger partial charge < -0.3 is 0 Å². The zero-order chi connectivity index (χ0) is 29.6. The summed E-state index contributed by atoms with van der Waals surface area (Å²) in [6.07, 6.45) is 2.70. The molecule has 42 heavy (non-hydrogen) atoms. The van der Waals surface area contributed by atoms with Gasteiger partial charge in [0.25, 0.3) is 0 Å². The van der Waals surface area contributed by atoms with E-state index < -0.39 is 23.3 Å². The summed E-state index contributed by atoms with van der Waals surface area (Å²) in [5, 5.41) is 17.1. The average molecular weight is 577 g/mol. The summed E-state index contributed by atoms with van der Waals surface area (Å²) < 4.78 is 55.5. The third-order valence-corrected chi connectivity index (χ3v) is 7.62. The Morgan fingerprint density at radius 2 is 0.976 bits per heavy atom. The minimum Gasteiger partial charge on any atom is -0.299 e. The van der Waals surface area contributed by atoms with E-state index in [1.807, 2.05) is 12.1 Å². The zero-order valence-electron chi connectivity index (χ0n) is 22.7. The van der Waals surface area contributed by atoms with Gasteiger partial charge >= 0.3 is 0 Å². The van der Waals surface area contributed by atoms with Gasteiger partial charge in [0.15, 0.2) is 0 Å². The minimum atomic E-state index is -0.749. The van der Waals surface area contributed by atoms with Crippen molar-refractivity contribution in [1.29, 1.82) is 0 Å². The van der Waals surface area contributed by atoms with Crippen LogP contribution in [-0.4, -0.2) is 32.0 Å². The summed E-state index contributed by atoms with van der Waals surface area (Å²) in [5.41, 5.74) is 1.96. The van der Waals surface area contributed by atoms with E-state index in [9.17, 15) is 27.2 Å². The van der Waals surface area contributed by atoms with Crippen molar-refractivity contribution in [2.45, 2.75) is 63.2 Å². The van der Waals surface area contributed by atoms with E-state index in [1.165, 1.54) is 12.1 Å². The number of rotatable bonds is 10. The summed E-state index contributed by atoms with van der Waals surface area (Å²) in [6, 6.07) is 14.1. The lowest BCUT2D eigenvalue weighted by atomic mass is 9.78. The summed E-state index contributed by atoms with van der Waals surface area (Å²) in [7, 11) is 0. The average Bonchev–Trinajstić information content (AvgIpc) is 2.98. The smallest absolute Gasteiger partial charge is 0.143 e. The highest BCUT2D eigenvalue weighted by atomic mass is 19.1. The highest BCUT2D eigenvalue weighted by molar-refractivity contribution is 5.83. The molecule has 0 saturated heterocycles. The van der Waals surface area contributed by atoms with Crippen LogP contribution >= 0.6 is 0 Å². The second-order valence-corrected chi connectivity index (χ2v) is 10.6. The van der Waals surface area contributed by atoms with Crippen LogP contribution in [0, 0.1) is 23.3 Å². The van der Waals surface area contributed by atoms with Gasteiger partial charge in [0.2, 0.25) is 0 Å². The number of nitrogens with zero attached hydrogens (tertiary/aromatic N) is 4. The number of halogens is 4. The van der Waals surface area contributed by atoms with Gasteiger partial charge in [-0.3, -0.25) is 9.59 Å². The summed E-state index contributed by atoms with van der Waals surface area (Å²) in [6.45, 7) is 0. The molecule has 2 heterocycles. The second-order valence-electron chi connectivity index (χ2n) is 10.6. The molecule has 0 bridgehead atoms. The number of carbonyl (C=O) groups excluding carboxylic acids is 2. The quantitative estimate of drug-likeness (QED) is 0.216. The van der Waals surface area contributed by atoms with Crippen LogP contribution in [0.4, 0.5) is 17.6 Å². The number of aromatic nitrogens is 4. The molecule has 2 atom stereocenters. The van der Waals surface area contributed by atoms with Gasteiger partial charge in [0, 0.05) is 35.8 Å². The van der Waals surface area contributed by atoms with Gasteiger partial charge in [0.1, 0.15) is 34.8 Å². The van der Waals surface area contributed by atoms with Crippen LogP contribution in [-0.2, 0) is 35.3 Å². The SMILES string of the molecule is O=C(Cc1ccc([C@H]2CCC[C@H](c3ccc(CC(=O)Cc4c(F)cccc4F)nn3)C2)nn1)Cc1c(F)cccc1F. The van der Waals surface area contributed by atoms with Crippen molar-refractivity contribution >= 4 is 11.6 Å². The molecule has 10 heteroatoms. The molecule has 1 fully saturated rings. The zero-order valence-corrected chi connectivity index (χ0v) is 22.7. The van der Waals surface area contributed by atoms with Crippen molar-refractivity contribution in [3.05, 3.63) is 118 Å². The molecule has 1 aliphatic rings. The molecule has 0 radical (unpaired) electrons. The number of hydrogen-bond donors (Lipinski definition) is 0. The van der Waals surface area contributed by atoms with E-state index in [2.05, 4.69) is 20.4 Å². The Morgan fingerprint density at radius 1 is 0.571 bits per heavy atom. The fraction of sp³-hybridized carbons (Fsp3) is 0.312. The van der Waals surface area contributed by atoms with Gasteiger partial charge in [-0.05, 0) is 67.8 Å². The Labute approximate surface area is 240 Å². The highest BCUT2D eigenvalue weighted by Gasteiger charge is 2.27. The maximum Gasteiger partial charge on any atom is 0.143 e. The predicted molar refractivity (Wildman–Crippen MR) is 146 cm³/mol. The lowest BCUT2D eigenvalue weighted by Gasteiger charge is -2.28. The maximum atomic E-state index is 13.9. The summed E-state index contributed by atoms with van der Waals surface area (Å²) >= 11 is 0. The van der Waals surface area contributed by atoms with Gasteiger partial charge in [-0.15, -0.1) is 0 Å². The number of carbonyl (C=O) groups is 2. The molecular formula is C32H28F4N4O2. The molecule has 1 aliphatic carbocycles. The molecule has 5 rings (SSSR count). The van der Waals surface area contributed by atoms with Crippen molar-refractivity contribution in [3.63, 3.8) is 0 Å². The molecule has 4 aromatic rings. The monoisotopic (exact) mass is 576 g/mol. The topological polar surface area (TPSA) is 85.7 Å². The van der Waals surface area contributed by atoms with E-state index in [0.29, 0.717) is 11.4 Å². The minimum absolute atomic E-state index is 0.0754. The van der Waals surface area contributed by atoms with Crippen molar-refractivity contribution in [2.75, 3.05) is 0 Å². The molecule has 2 aromatic heterocycles.